The molecule has 0 aliphatic rings. The van der Waals surface area contributed by atoms with E-state index in [2.05, 4.69) is 18.8 Å². The first-order valence-corrected chi connectivity index (χ1v) is 5.20. The second-order valence-electron chi connectivity index (χ2n) is 4.15. The summed E-state index contributed by atoms with van der Waals surface area (Å²) in [7, 11) is 0. The van der Waals surface area contributed by atoms with Gasteiger partial charge in [0, 0.05) is 18.8 Å². The molecule has 1 atom stereocenters. The number of aromatic nitrogens is 1. The van der Waals surface area contributed by atoms with Gasteiger partial charge in [-0.05, 0) is 24.0 Å². The molecule has 0 aliphatic carbocycles. The van der Waals surface area contributed by atoms with Crippen molar-refractivity contribution in [2.75, 3.05) is 0 Å². The molecule has 1 aromatic rings. The van der Waals surface area contributed by atoms with Crippen LogP contribution in [0.1, 0.15) is 32.8 Å². The van der Waals surface area contributed by atoms with Gasteiger partial charge in [-0.1, -0.05) is 26.8 Å². The fourth-order valence-corrected chi connectivity index (χ4v) is 1.59. The van der Waals surface area contributed by atoms with Crippen molar-refractivity contribution < 1.29 is 5.11 Å². The SMILES string of the molecule is CCC(O)(Cc1cccnc1)C(C)C. The van der Waals surface area contributed by atoms with Crippen molar-refractivity contribution in [3.05, 3.63) is 30.1 Å². The van der Waals surface area contributed by atoms with Gasteiger partial charge in [0.2, 0.25) is 0 Å². The summed E-state index contributed by atoms with van der Waals surface area (Å²) in [6, 6.07) is 3.92. The number of hydrogen-bond donors (Lipinski definition) is 1. The second-order valence-corrected chi connectivity index (χ2v) is 4.15. The van der Waals surface area contributed by atoms with Crippen LogP contribution in [-0.2, 0) is 6.42 Å². The molecule has 0 radical (unpaired) electrons. The minimum atomic E-state index is -0.594. The molecule has 14 heavy (non-hydrogen) atoms. The molecule has 1 aromatic heterocycles. The van der Waals surface area contributed by atoms with E-state index in [9.17, 15) is 5.11 Å². The Morgan fingerprint density at radius 1 is 1.50 bits per heavy atom. The van der Waals surface area contributed by atoms with Crippen molar-refractivity contribution in [1.82, 2.24) is 4.98 Å². The summed E-state index contributed by atoms with van der Waals surface area (Å²) in [6.45, 7) is 6.14. The van der Waals surface area contributed by atoms with E-state index in [-0.39, 0.29) is 5.92 Å². The Bertz CT molecular complexity index is 271. The summed E-state index contributed by atoms with van der Waals surface area (Å²) in [6.07, 6.45) is 5.04. The van der Waals surface area contributed by atoms with Crippen molar-refractivity contribution in [3.8, 4) is 0 Å². The molecule has 0 saturated heterocycles. The van der Waals surface area contributed by atoms with E-state index in [0.717, 1.165) is 12.0 Å². The Kier molecular flexibility index (Phi) is 3.64. The van der Waals surface area contributed by atoms with Gasteiger partial charge in [-0.25, -0.2) is 0 Å². The van der Waals surface area contributed by atoms with E-state index < -0.39 is 5.60 Å². The maximum atomic E-state index is 10.3. The van der Waals surface area contributed by atoms with E-state index in [1.165, 1.54) is 0 Å². The third-order valence-corrected chi connectivity index (χ3v) is 2.92. The zero-order valence-electron chi connectivity index (χ0n) is 9.20. The summed E-state index contributed by atoms with van der Waals surface area (Å²) in [5.74, 6) is 0.271. The largest absolute Gasteiger partial charge is 0.389 e. The quantitative estimate of drug-likeness (QED) is 0.796. The highest BCUT2D eigenvalue weighted by Gasteiger charge is 2.28. The van der Waals surface area contributed by atoms with Crippen LogP contribution < -0.4 is 0 Å². The van der Waals surface area contributed by atoms with Crippen molar-refractivity contribution in [3.63, 3.8) is 0 Å². The Hall–Kier alpha value is -0.890. The molecule has 0 aliphatic heterocycles. The Morgan fingerprint density at radius 3 is 2.64 bits per heavy atom. The van der Waals surface area contributed by atoms with Crippen LogP contribution in [0.4, 0.5) is 0 Å². The van der Waals surface area contributed by atoms with Gasteiger partial charge >= 0.3 is 0 Å². The normalized spacial score (nSPS) is 15.5. The molecule has 1 N–H and O–H groups in total. The number of hydrogen-bond acceptors (Lipinski definition) is 2. The van der Waals surface area contributed by atoms with Crippen LogP contribution in [0, 0.1) is 5.92 Å². The first-order chi connectivity index (χ1) is 6.58. The topological polar surface area (TPSA) is 33.1 Å². The van der Waals surface area contributed by atoms with Gasteiger partial charge < -0.3 is 5.11 Å². The van der Waals surface area contributed by atoms with Gasteiger partial charge in [0.25, 0.3) is 0 Å². The van der Waals surface area contributed by atoms with Gasteiger partial charge in [-0.2, -0.15) is 0 Å². The molecule has 0 amide bonds. The lowest BCUT2D eigenvalue weighted by Gasteiger charge is -2.31. The van der Waals surface area contributed by atoms with Gasteiger partial charge in [-0.3, -0.25) is 4.98 Å². The smallest absolute Gasteiger partial charge is 0.0708 e. The summed E-state index contributed by atoms with van der Waals surface area (Å²) >= 11 is 0. The monoisotopic (exact) mass is 193 g/mol. The zero-order valence-corrected chi connectivity index (χ0v) is 9.20. The fraction of sp³-hybridized carbons (Fsp3) is 0.583. The molecule has 0 aromatic carbocycles. The average Bonchev–Trinajstić information content (AvgIpc) is 2.19. The molecular weight excluding hydrogens is 174 g/mol. The van der Waals surface area contributed by atoms with Crippen molar-refractivity contribution in [1.29, 1.82) is 0 Å². The number of pyridine rings is 1. The van der Waals surface area contributed by atoms with Gasteiger partial charge in [0.1, 0.15) is 0 Å². The standard InChI is InChI=1S/C12H19NO/c1-4-12(14,10(2)3)8-11-6-5-7-13-9-11/h5-7,9-10,14H,4,8H2,1-3H3. The van der Waals surface area contributed by atoms with Crippen LogP contribution in [-0.4, -0.2) is 15.7 Å². The van der Waals surface area contributed by atoms with Crippen molar-refractivity contribution in [2.45, 2.75) is 39.2 Å². The maximum absolute atomic E-state index is 10.3. The second kappa shape index (κ2) is 4.56. The molecule has 1 unspecified atom stereocenters. The highest BCUT2D eigenvalue weighted by atomic mass is 16.3. The molecule has 0 spiro atoms. The van der Waals surface area contributed by atoms with Crippen molar-refractivity contribution in [2.24, 2.45) is 5.92 Å². The summed E-state index contributed by atoms with van der Waals surface area (Å²) < 4.78 is 0. The lowest BCUT2D eigenvalue weighted by molar-refractivity contribution is -0.00834. The number of aliphatic hydroxyl groups is 1. The average molecular weight is 193 g/mol. The summed E-state index contributed by atoms with van der Waals surface area (Å²) in [5, 5.41) is 10.3. The number of rotatable bonds is 4. The molecule has 0 bridgehead atoms. The van der Waals surface area contributed by atoms with E-state index in [4.69, 9.17) is 0 Å². The minimum Gasteiger partial charge on any atom is -0.389 e. The summed E-state index contributed by atoms with van der Waals surface area (Å²) in [5.41, 5.74) is 0.508. The van der Waals surface area contributed by atoms with Gasteiger partial charge in [-0.15, -0.1) is 0 Å². The molecule has 1 rings (SSSR count). The predicted molar refractivity (Wildman–Crippen MR) is 58.0 cm³/mol. The van der Waals surface area contributed by atoms with E-state index in [0.29, 0.717) is 6.42 Å². The number of nitrogens with zero attached hydrogens (tertiary/aromatic N) is 1. The van der Waals surface area contributed by atoms with Gasteiger partial charge in [0.05, 0.1) is 5.60 Å². The molecule has 2 heteroatoms. The van der Waals surface area contributed by atoms with Crippen LogP contribution in [0.2, 0.25) is 0 Å². The molecule has 0 fully saturated rings. The van der Waals surface area contributed by atoms with Crippen LogP contribution in [0.25, 0.3) is 0 Å². The van der Waals surface area contributed by atoms with Gasteiger partial charge in [0.15, 0.2) is 0 Å². The maximum Gasteiger partial charge on any atom is 0.0708 e. The predicted octanol–water partition coefficient (Wildman–Crippen LogP) is 2.42. The Morgan fingerprint density at radius 2 is 2.21 bits per heavy atom. The molecular formula is C12H19NO. The lowest BCUT2D eigenvalue weighted by atomic mass is 9.83. The highest BCUT2D eigenvalue weighted by molar-refractivity contribution is 5.12. The van der Waals surface area contributed by atoms with Crippen LogP contribution in [0.15, 0.2) is 24.5 Å². The molecule has 2 nitrogen and oxygen atoms in total. The van der Waals surface area contributed by atoms with Crippen LogP contribution in [0.3, 0.4) is 0 Å². The fourth-order valence-electron chi connectivity index (χ4n) is 1.59. The van der Waals surface area contributed by atoms with Crippen molar-refractivity contribution >= 4 is 0 Å². The van der Waals surface area contributed by atoms with Crippen LogP contribution in [0.5, 0.6) is 0 Å². The molecule has 1 heterocycles. The van der Waals surface area contributed by atoms with Crippen LogP contribution >= 0.6 is 0 Å². The molecule has 78 valence electrons. The molecule has 0 saturated carbocycles. The summed E-state index contributed by atoms with van der Waals surface area (Å²) in [4.78, 5) is 4.05. The first kappa shape index (κ1) is 11.2. The highest BCUT2D eigenvalue weighted by Crippen LogP contribution is 2.25. The Labute approximate surface area is 86.0 Å². The zero-order chi connectivity index (χ0) is 10.6. The first-order valence-electron chi connectivity index (χ1n) is 5.20. The van der Waals surface area contributed by atoms with E-state index >= 15 is 0 Å². The minimum absolute atomic E-state index is 0.271. The van der Waals surface area contributed by atoms with E-state index in [1.54, 1.807) is 6.20 Å². The Balaban J connectivity index is 2.76. The third kappa shape index (κ3) is 2.55. The third-order valence-electron chi connectivity index (χ3n) is 2.92. The van der Waals surface area contributed by atoms with E-state index in [1.807, 2.05) is 25.3 Å². The lowest BCUT2D eigenvalue weighted by Crippen LogP contribution is -2.36.